The van der Waals surface area contributed by atoms with Crippen molar-refractivity contribution in [3.63, 3.8) is 0 Å². The maximum Gasteiger partial charge on any atom is 0.308 e. The van der Waals surface area contributed by atoms with Gasteiger partial charge in [-0.05, 0) is 31.1 Å². The van der Waals surface area contributed by atoms with Gasteiger partial charge in [0.1, 0.15) is 6.26 Å². The van der Waals surface area contributed by atoms with Crippen LogP contribution < -0.4 is 5.32 Å². The molecule has 4 atom stereocenters. The summed E-state index contributed by atoms with van der Waals surface area (Å²) in [5.74, 6) is 0.0343. The summed E-state index contributed by atoms with van der Waals surface area (Å²) in [5.41, 5.74) is 0.969. The highest BCUT2D eigenvalue weighted by molar-refractivity contribution is 5.72. The van der Waals surface area contributed by atoms with Gasteiger partial charge in [-0.3, -0.25) is 4.79 Å². The molecule has 2 saturated carbocycles. The summed E-state index contributed by atoms with van der Waals surface area (Å²) in [6, 6.07) is 0.112. The molecule has 2 aliphatic carbocycles. The summed E-state index contributed by atoms with van der Waals surface area (Å²) in [4.78, 5) is 11.3. The number of hydrogen-bond donors (Lipinski definition) is 2. The van der Waals surface area contributed by atoms with Crippen molar-refractivity contribution in [1.29, 1.82) is 0 Å². The lowest BCUT2D eigenvalue weighted by molar-refractivity contribution is -0.144. The average molecular weight is 236 g/mol. The summed E-state index contributed by atoms with van der Waals surface area (Å²) in [5, 5.41) is 16.3. The highest BCUT2D eigenvalue weighted by Crippen LogP contribution is 2.48. The van der Waals surface area contributed by atoms with Crippen molar-refractivity contribution >= 4 is 5.97 Å². The first-order valence-corrected chi connectivity index (χ1v) is 6.10. The minimum absolute atomic E-state index is 0.112. The van der Waals surface area contributed by atoms with E-state index in [2.05, 4.69) is 10.5 Å². The molecule has 5 nitrogen and oxygen atoms in total. The summed E-state index contributed by atoms with van der Waals surface area (Å²) >= 11 is 0. The molecular weight excluding hydrogens is 220 g/mol. The smallest absolute Gasteiger partial charge is 0.308 e. The number of hydrogen-bond acceptors (Lipinski definition) is 4. The summed E-state index contributed by atoms with van der Waals surface area (Å²) in [6.07, 6.45) is 6.56. The summed E-state index contributed by atoms with van der Waals surface area (Å²) < 4.78 is 4.76. The van der Waals surface area contributed by atoms with Gasteiger partial charge in [0.05, 0.1) is 12.1 Å². The van der Waals surface area contributed by atoms with E-state index >= 15 is 0 Å². The van der Waals surface area contributed by atoms with E-state index in [-0.39, 0.29) is 12.0 Å². The number of carboxylic acids is 1. The number of carbonyl (C=O) groups is 1. The van der Waals surface area contributed by atoms with Gasteiger partial charge in [0.2, 0.25) is 0 Å². The van der Waals surface area contributed by atoms with Crippen LogP contribution in [0.15, 0.2) is 17.0 Å². The minimum Gasteiger partial charge on any atom is -0.481 e. The Bertz CT molecular complexity index is 404. The van der Waals surface area contributed by atoms with Crippen LogP contribution in [0.5, 0.6) is 0 Å². The molecule has 0 saturated heterocycles. The van der Waals surface area contributed by atoms with E-state index in [1.165, 1.54) is 0 Å². The van der Waals surface area contributed by atoms with Crippen molar-refractivity contribution in [3.8, 4) is 0 Å². The van der Waals surface area contributed by atoms with Gasteiger partial charge in [0, 0.05) is 18.2 Å². The number of fused-ring (bicyclic) bond motifs is 2. The third kappa shape index (κ3) is 1.84. The van der Waals surface area contributed by atoms with Gasteiger partial charge in [0.25, 0.3) is 0 Å². The van der Waals surface area contributed by atoms with Gasteiger partial charge < -0.3 is 14.9 Å². The van der Waals surface area contributed by atoms with Crippen LogP contribution in [0.25, 0.3) is 0 Å². The number of rotatable bonds is 4. The summed E-state index contributed by atoms with van der Waals surface area (Å²) in [7, 11) is 0. The molecule has 0 aromatic carbocycles. The van der Waals surface area contributed by atoms with Crippen LogP contribution in [-0.2, 0) is 11.3 Å². The number of nitrogens with zero attached hydrogens (tertiary/aromatic N) is 1. The van der Waals surface area contributed by atoms with Crippen molar-refractivity contribution in [3.05, 3.63) is 18.0 Å². The normalized spacial score (nSPS) is 35.3. The van der Waals surface area contributed by atoms with Crippen LogP contribution in [0.1, 0.15) is 24.8 Å². The topological polar surface area (TPSA) is 75.4 Å². The quantitative estimate of drug-likeness (QED) is 0.823. The minimum atomic E-state index is -0.653. The molecule has 1 heterocycles. The molecule has 1 aromatic heterocycles. The maximum absolute atomic E-state index is 11.3. The Hall–Kier alpha value is -1.36. The fraction of sp³-hybridized carbons (Fsp3) is 0.667. The van der Waals surface area contributed by atoms with Crippen LogP contribution >= 0.6 is 0 Å². The van der Waals surface area contributed by atoms with E-state index in [9.17, 15) is 9.90 Å². The number of nitrogens with one attached hydrogen (secondary N) is 1. The molecule has 0 amide bonds. The monoisotopic (exact) mass is 236 g/mol. The average Bonchev–Trinajstić information content (AvgIpc) is 3.01. The van der Waals surface area contributed by atoms with Crippen molar-refractivity contribution in [2.45, 2.75) is 31.8 Å². The van der Waals surface area contributed by atoms with Gasteiger partial charge in [-0.15, -0.1) is 0 Å². The Kier molecular flexibility index (Phi) is 2.63. The van der Waals surface area contributed by atoms with Gasteiger partial charge in [-0.2, -0.15) is 0 Å². The van der Waals surface area contributed by atoms with E-state index in [0.717, 1.165) is 24.8 Å². The largest absolute Gasteiger partial charge is 0.481 e. The zero-order valence-corrected chi connectivity index (χ0v) is 9.50. The van der Waals surface area contributed by atoms with E-state index in [4.69, 9.17) is 4.52 Å². The van der Waals surface area contributed by atoms with Gasteiger partial charge in [0.15, 0.2) is 0 Å². The van der Waals surface area contributed by atoms with E-state index in [0.29, 0.717) is 18.4 Å². The Labute approximate surface area is 99.2 Å². The second kappa shape index (κ2) is 4.14. The zero-order valence-electron chi connectivity index (χ0n) is 9.50. The molecule has 0 spiro atoms. The molecule has 0 aliphatic heterocycles. The molecule has 0 radical (unpaired) electrons. The zero-order chi connectivity index (χ0) is 11.8. The van der Waals surface area contributed by atoms with Crippen LogP contribution in [0.3, 0.4) is 0 Å². The molecule has 17 heavy (non-hydrogen) atoms. The van der Waals surface area contributed by atoms with Crippen LogP contribution in [-0.4, -0.2) is 22.3 Å². The first kappa shape index (κ1) is 10.8. The highest BCUT2D eigenvalue weighted by atomic mass is 16.5. The molecule has 2 bridgehead atoms. The first-order valence-electron chi connectivity index (χ1n) is 6.10. The molecule has 92 valence electrons. The predicted octanol–water partition coefficient (Wildman–Crippen LogP) is 1.26. The fourth-order valence-corrected chi connectivity index (χ4v) is 3.49. The molecule has 5 heteroatoms. The third-order valence-corrected chi connectivity index (χ3v) is 4.23. The molecule has 3 rings (SSSR count). The SMILES string of the molecule is O=C(O)C1C2CCC(C2)C1NCc1cnoc1. The second-order valence-corrected chi connectivity index (χ2v) is 5.14. The van der Waals surface area contributed by atoms with Crippen molar-refractivity contribution < 1.29 is 14.4 Å². The van der Waals surface area contributed by atoms with Crippen molar-refractivity contribution in [1.82, 2.24) is 10.5 Å². The van der Waals surface area contributed by atoms with E-state index in [1.54, 1.807) is 12.5 Å². The summed E-state index contributed by atoms with van der Waals surface area (Å²) in [6.45, 7) is 0.640. The maximum atomic E-state index is 11.3. The van der Waals surface area contributed by atoms with Gasteiger partial charge in [-0.1, -0.05) is 5.16 Å². The molecular formula is C12H16N2O3. The van der Waals surface area contributed by atoms with Crippen LogP contribution in [0.4, 0.5) is 0 Å². The lowest BCUT2D eigenvalue weighted by Gasteiger charge is -2.28. The number of aromatic nitrogens is 1. The van der Waals surface area contributed by atoms with Gasteiger partial charge in [-0.25, -0.2) is 0 Å². The number of carboxylic acid groups (broad SMARTS) is 1. The lowest BCUT2D eigenvalue weighted by atomic mass is 9.84. The highest BCUT2D eigenvalue weighted by Gasteiger charge is 2.50. The van der Waals surface area contributed by atoms with E-state index < -0.39 is 5.97 Å². The molecule has 1 aromatic rings. The number of aliphatic carboxylic acids is 1. The van der Waals surface area contributed by atoms with Crippen LogP contribution in [0, 0.1) is 17.8 Å². The Morgan fingerprint density at radius 2 is 2.35 bits per heavy atom. The first-order chi connectivity index (χ1) is 8.25. The third-order valence-electron chi connectivity index (χ3n) is 4.23. The van der Waals surface area contributed by atoms with Crippen molar-refractivity contribution in [2.24, 2.45) is 17.8 Å². The predicted molar refractivity (Wildman–Crippen MR) is 59.1 cm³/mol. The van der Waals surface area contributed by atoms with Gasteiger partial charge >= 0.3 is 5.97 Å². The molecule has 2 fully saturated rings. The Balaban J connectivity index is 1.67. The fourth-order valence-electron chi connectivity index (χ4n) is 3.49. The molecule has 4 unspecified atom stereocenters. The van der Waals surface area contributed by atoms with Crippen molar-refractivity contribution in [2.75, 3.05) is 0 Å². The molecule has 2 N–H and O–H groups in total. The Morgan fingerprint density at radius 1 is 1.53 bits per heavy atom. The van der Waals surface area contributed by atoms with E-state index in [1.807, 2.05) is 0 Å². The standard InChI is InChI=1S/C12H16N2O3/c15-12(16)10-8-1-2-9(3-8)11(10)13-4-7-5-14-17-6-7/h5-6,8-11,13H,1-4H2,(H,15,16). The Morgan fingerprint density at radius 3 is 3.06 bits per heavy atom. The van der Waals surface area contributed by atoms with Crippen LogP contribution in [0.2, 0.25) is 0 Å². The lowest BCUT2D eigenvalue weighted by Crippen LogP contribution is -2.43. The second-order valence-electron chi connectivity index (χ2n) is 5.14. The molecule has 2 aliphatic rings.